The van der Waals surface area contributed by atoms with Crippen LogP contribution < -0.4 is 4.72 Å². The minimum absolute atomic E-state index is 0.0106. The molecule has 1 aliphatic rings. The number of anilines is 1. The predicted octanol–water partition coefficient (Wildman–Crippen LogP) is 5.62. The van der Waals surface area contributed by atoms with Crippen molar-refractivity contribution in [1.82, 2.24) is 14.3 Å². The number of sulfonamides is 1. The highest BCUT2D eigenvalue weighted by Gasteiger charge is 2.44. The van der Waals surface area contributed by atoms with Gasteiger partial charge in [-0.2, -0.15) is 17.5 Å². The fraction of sp³-hybridized carbons (Fsp3) is 0.333. The summed E-state index contributed by atoms with van der Waals surface area (Å²) in [7, 11) is -3.84. The van der Waals surface area contributed by atoms with E-state index in [1.165, 1.54) is 18.5 Å². The molecule has 0 radical (unpaired) electrons. The number of aromatic nitrogens is 2. The van der Waals surface area contributed by atoms with Gasteiger partial charge in [-0.25, -0.2) is 13.4 Å². The maximum atomic E-state index is 13.4. The van der Waals surface area contributed by atoms with Gasteiger partial charge in [-0.15, -0.1) is 0 Å². The van der Waals surface area contributed by atoms with Gasteiger partial charge in [0.2, 0.25) is 5.13 Å². The molecular weight excluding hydrogens is 541 g/mol. The van der Waals surface area contributed by atoms with Gasteiger partial charge in [0.1, 0.15) is 6.33 Å². The SMILES string of the molecule is O=S(=O)(Nc1ncns1)c1ccc(CN2CC[C@@H](C(F)(F)F)C[C@H]2c2ccccc2)c(Br)c1. The number of benzene rings is 2. The number of nitrogens with zero attached hydrogens (tertiary/aromatic N) is 3. The molecule has 2 atom stereocenters. The van der Waals surface area contributed by atoms with E-state index in [1.54, 1.807) is 6.07 Å². The molecule has 1 aliphatic heterocycles. The first kappa shape index (κ1) is 24.1. The van der Waals surface area contributed by atoms with Crippen LogP contribution in [0.3, 0.4) is 0 Å². The summed E-state index contributed by atoms with van der Waals surface area (Å²) in [5, 5.41) is 0.161. The van der Waals surface area contributed by atoms with Crippen molar-refractivity contribution in [2.75, 3.05) is 11.3 Å². The first-order valence-electron chi connectivity index (χ1n) is 10.1. The highest BCUT2D eigenvalue weighted by molar-refractivity contribution is 9.10. The van der Waals surface area contributed by atoms with Crippen LogP contribution in [0.1, 0.15) is 30.0 Å². The van der Waals surface area contributed by atoms with E-state index in [0.29, 0.717) is 11.0 Å². The summed E-state index contributed by atoms with van der Waals surface area (Å²) < 4.78 is 72.3. The molecule has 0 bridgehead atoms. The van der Waals surface area contributed by atoms with Gasteiger partial charge in [-0.3, -0.25) is 9.62 Å². The molecule has 2 aromatic carbocycles. The number of hydrogen-bond donors (Lipinski definition) is 1. The number of rotatable bonds is 6. The van der Waals surface area contributed by atoms with Crippen molar-refractivity contribution >= 4 is 42.6 Å². The van der Waals surface area contributed by atoms with Crippen LogP contribution in [0, 0.1) is 5.92 Å². The molecule has 12 heteroatoms. The van der Waals surface area contributed by atoms with Crippen molar-refractivity contribution in [3.8, 4) is 0 Å². The average Bonchev–Trinajstić information content (AvgIpc) is 3.27. The average molecular weight is 561 g/mol. The van der Waals surface area contributed by atoms with E-state index in [2.05, 4.69) is 30.0 Å². The number of halogens is 4. The second kappa shape index (κ2) is 9.69. The molecule has 2 heterocycles. The van der Waals surface area contributed by atoms with Crippen molar-refractivity contribution < 1.29 is 21.6 Å². The van der Waals surface area contributed by atoms with Gasteiger partial charge in [-0.05, 0) is 42.6 Å². The van der Waals surface area contributed by atoms with Gasteiger partial charge >= 0.3 is 6.18 Å². The molecule has 1 saturated heterocycles. The van der Waals surface area contributed by atoms with E-state index in [-0.39, 0.29) is 35.5 Å². The Morgan fingerprint density at radius 1 is 1.18 bits per heavy atom. The molecule has 176 valence electrons. The van der Waals surface area contributed by atoms with Gasteiger partial charge < -0.3 is 0 Å². The smallest absolute Gasteiger partial charge is 0.292 e. The second-order valence-corrected chi connectivity index (χ2v) is 11.1. The first-order chi connectivity index (χ1) is 15.6. The summed E-state index contributed by atoms with van der Waals surface area (Å²) in [6.07, 6.45) is -2.95. The molecule has 1 fully saturated rings. The molecule has 1 aromatic heterocycles. The molecular formula is C21H20BrF3N4O2S2. The lowest BCUT2D eigenvalue weighted by Gasteiger charge is -2.40. The third-order valence-electron chi connectivity index (χ3n) is 5.65. The zero-order valence-electron chi connectivity index (χ0n) is 17.2. The first-order valence-corrected chi connectivity index (χ1v) is 13.1. The van der Waals surface area contributed by atoms with Crippen LogP contribution in [0.25, 0.3) is 0 Å². The van der Waals surface area contributed by atoms with Gasteiger partial charge in [0.05, 0.1) is 10.8 Å². The fourth-order valence-electron chi connectivity index (χ4n) is 3.96. The van der Waals surface area contributed by atoms with Crippen molar-refractivity contribution in [3.63, 3.8) is 0 Å². The quantitative estimate of drug-likeness (QED) is 0.423. The second-order valence-electron chi connectivity index (χ2n) is 7.77. The van der Waals surface area contributed by atoms with Gasteiger partial charge in [0, 0.05) is 28.6 Å². The van der Waals surface area contributed by atoms with E-state index < -0.39 is 22.1 Å². The lowest BCUT2D eigenvalue weighted by molar-refractivity contribution is -0.190. The van der Waals surface area contributed by atoms with E-state index in [4.69, 9.17) is 0 Å². The Hall–Kier alpha value is -2.02. The van der Waals surface area contributed by atoms with Crippen LogP contribution in [0.4, 0.5) is 18.3 Å². The van der Waals surface area contributed by atoms with Crippen LogP contribution in [0.15, 0.2) is 64.2 Å². The van der Waals surface area contributed by atoms with Gasteiger partial charge in [0.25, 0.3) is 10.0 Å². The van der Waals surface area contributed by atoms with Crippen LogP contribution in [0.5, 0.6) is 0 Å². The molecule has 3 aromatic rings. The normalized spacial score (nSPS) is 20.0. The predicted molar refractivity (Wildman–Crippen MR) is 123 cm³/mol. The monoisotopic (exact) mass is 560 g/mol. The Balaban J connectivity index is 1.55. The van der Waals surface area contributed by atoms with Crippen molar-refractivity contribution in [2.24, 2.45) is 5.92 Å². The van der Waals surface area contributed by atoms with Crippen molar-refractivity contribution in [1.29, 1.82) is 0 Å². The molecule has 33 heavy (non-hydrogen) atoms. The number of hydrogen-bond acceptors (Lipinski definition) is 6. The Kier molecular flexibility index (Phi) is 7.08. The van der Waals surface area contributed by atoms with E-state index in [1.807, 2.05) is 35.2 Å². The number of piperidine rings is 1. The van der Waals surface area contributed by atoms with Crippen molar-refractivity contribution in [2.45, 2.75) is 36.5 Å². The summed E-state index contributed by atoms with van der Waals surface area (Å²) in [5.74, 6) is -1.35. The topological polar surface area (TPSA) is 75.2 Å². The van der Waals surface area contributed by atoms with E-state index >= 15 is 0 Å². The van der Waals surface area contributed by atoms with Crippen LogP contribution in [-0.4, -0.2) is 35.4 Å². The summed E-state index contributed by atoms with van der Waals surface area (Å²) in [6, 6.07) is 13.4. The van der Waals surface area contributed by atoms with Crippen molar-refractivity contribution in [3.05, 3.63) is 70.5 Å². The van der Waals surface area contributed by atoms with Gasteiger partial charge in [0.15, 0.2) is 0 Å². The summed E-state index contributed by atoms with van der Waals surface area (Å²) in [6.45, 7) is 0.670. The standard InChI is InChI=1S/C21H20BrF3N4O2S2/c22-18-11-17(33(30,31)28-20-26-13-27-32-20)7-6-15(18)12-29-9-8-16(21(23,24)25)10-19(29)14-4-2-1-3-5-14/h1-7,11,13,16,19H,8-10,12H2,(H,26,27,28)/t16-,19+/m1/s1. The minimum atomic E-state index is -4.23. The third-order valence-corrected chi connectivity index (χ3v) is 8.44. The largest absolute Gasteiger partial charge is 0.391 e. The maximum Gasteiger partial charge on any atom is 0.391 e. The highest BCUT2D eigenvalue weighted by Crippen LogP contribution is 2.43. The minimum Gasteiger partial charge on any atom is -0.292 e. The number of nitrogens with one attached hydrogen (secondary N) is 1. The molecule has 0 amide bonds. The summed E-state index contributed by atoms with van der Waals surface area (Å²) >= 11 is 4.37. The van der Waals surface area contributed by atoms with E-state index in [0.717, 1.165) is 22.7 Å². The maximum absolute atomic E-state index is 13.4. The number of alkyl halides is 3. The Morgan fingerprint density at radius 3 is 2.58 bits per heavy atom. The lowest BCUT2D eigenvalue weighted by Crippen LogP contribution is -2.41. The highest BCUT2D eigenvalue weighted by atomic mass is 79.9. The van der Waals surface area contributed by atoms with Gasteiger partial charge in [-0.1, -0.05) is 52.3 Å². The van der Waals surface area contributed by atoms with Crippen LogP contribution in [0.2, 0.25) is 0 Å². The number of likely N-dealkylation sites (tertiary alicyclic amines) is 1. The molecule has 4 rings (SSSR count). The molecule has 1 N–H and O–H groups in total. The fourth-order valence-corrected chi connectivity index (χ4v) is 6.30. The van der Waals surface area contributed by atoms with Crippen LogP contribution in [-0.2, 0) is 16.6 Å². The summed E-state index contributed by atoms with van der Waals surface area (Å²) in [4.78, 5) is 5.89. The lowest BCUT2D eigenvalue weighted by atomic mass is 9.86. The Morgan fingerprint density at radius 2 is 1.94 bits per heavy atom. The zero-order valence-corrected chi connectivity index (χ0v) is 20.4. The third kappa shape index (κ3) is 5.73. The Labute approximate surface area is 202 Å². The Bertz CT molecular complexity index is 1190. The molecule has 6 nitrogen and oxygen atoms in total. The molecule has 0 spiro atoms. The van der Waals surface area contributed by atoms with E-state index in [9.17, 15) is 21.6 Å². The van der Waals surface area contributed by atoms with Crippen LogP contribution >= 0.6 is 27.5 Å². The molecule has 0 unspecified atom stereocenters. The molecule has 0 aliphatic carbocycles. The zero-order chi connectivity index (χ0) is 23.6. The summed E-state index contributed by atoms with van der Waals surface area (Å²) in [5.41, 5.74) is 1.62. The molecule has 0 saturated carbocycles.